The Balaban J connectivity index is 2.77. The molecule has 5 nitrogen and oxygen atoms in total. The lowest BCUT2D eigenvalue weighted by Crippen LogP contribution is -2.45. The summed E-state index contributed by atoms with van der Waals surface area (Å²) in [5.41, 5.74) is 0.588. The van der Waals surface area contributed by atoms with Crippen molar-refractivity contribution in [3.63, 3.8) is 0 Å². The highest BCUT2D eigenvalue weighted by Gasteiger charge is 2.39. The molecule has 0 aliphatic heterocycles. The monoisotopic (exact) mass is 305 g/mol. The zero-order chi connectivity index (χ0) is 16.0. The molecule has 0 bridgehead atoms. The smallest absolute Gasteiger partial charge is 0.471 e. The third-order valence-corrected chi connectivity index (χ3v) is 2.65. The number of carboxylic acid groups (broad SMARTS) is 1. The zero-order valence-electron chi connectivity index (χ0n) is 11.1. The number of halogens is 3. The fourth-order valence-electron chi connectivity index (χ4n) is 1.70. The lowest BCUT2D eigenvalue weighted by molar-refractivity contribution is -0.174. The van der Waals surface area contributed by atoms with Gasteiger partial charge in [-0.3, -0.25) is 9.59 Å². The fourth-order valence-corrected chi connectivity index (χ4v) is 1.70. The summed E-state index contributed by atoms with van der Waals surface area (Å²) in [6.07, 6.45) is -5.68. The van der Waals surface area contributed by atoms with Crippen LogP contribution in [0.2, 0.25) is 0 Å². The van der Waals surface area contributed by atoms with Gasteiger partial charge in [0.25, 0.3) is 0 Å². The van der Waals surface area contributed by atoms with Crippen molar-refractivity contribution in [2.45, 2.75) is 25.1 Å². The fraction of sp³-hybridized carbons (Fsp3) is 0.385. The van der Waals surface area contributed by atoms with Crippen molar-refractivity contribution in [3.8, 4) is 5.75 Å². The van der Waals surface area contributed by atoms with Crippen LogP contribution in [0.15, 0.2) is 24.3 Å². The number of carbonyl (C=O) groups is 2. The van der Waals surface area contributed by atoms with E-state index in [1.54, 1.807) is 29.6 Å². The molecule has 0 heterocycles. The number of amides is 1. The molecule has 0 spiro atoms. The van der Waals surface area contributed by atoms with E-state index in [0.29, 0.717) is 11.3 Å². The minimum absolute atomic E-state index is 0.0296. The Labute approximate surface area is 118 Å². The summed E-state index contributed by atoms with van der Waals surface area (Å²) in [5, 5.41) is 10.4. The maximum absolute atomic E-state index is 12.2. The number of nitrogens with one attached hydrogen (secondary N) is 1. The van der Waals surface area contributed by atoms with Gasteiger partial charge in [-0.2, -0.15) is 13.2 Å². The second-order valence-electron chi connectivity index (χ2n) is 4.32. The normalized spacial score (nSPS) is 12.6. The Kier molecular flexibility index (Phi) is 5.57. The van der Waals surface area contributed by atoms with E-state index in [1.165, 1.54) is 7.11 Å². The van der Waals surface area contributed by atoms with Crippen LogP contribution in [0.1, 0.15) is 12.0 Å². The van der Waals surface area contributed by atoms with E-state index in [4.69, 9.17) is 9.84 Å². The summed E-state index contributed by atoms with van der Waals surface area (Å²) in [4.78, 5) is 21.6. The highest BCUT2D eigenvalue weighted by Crippen LogP contribution is 2.17. The van der Waals surface area contributed by atoms with Crippen LogP contribution in [0.3, 0.4) is 0 Å². The summed E-state index contributed by atoms with van der Waals surface area (Å²) in [6, 6.07) is 5.23. The van der Waals surface area contributed by atoms with E-state index >= 15 is 0 Å². The molecule has 21 heavy (non-hydrogen) atoms. The van der Waals surface area contributed by atoms with Crippen LogP contribution in [0.25, 0.3) is 0 Å². The molecule has 0 aromatic heterocycles. The topological polar surface area (TPSA) is 75.6 Å². The molecule has 116 valence electrons. The standard InChI is InChI=1S/C13H14F3NO4/c1-21-10-4-2-8(3-5-10)6-9(7-11(18)19)17-12(20)13(14,15)16/h2-5,9H,6-7H2,1H3,(H,17,20)(H,18,19)/t9-/m1/s1. The molecule has 0 saturated heterocycles. The van der Waals surface area contributed by atoms with Gasteiger partial charge in [0.2, 0.25) is 0 Å². The molecule has 1 aromatic rings. The van der Waals surface area contributed by atoms with Crippen LogP contribution in [-0.4, -0.2) is 36.3 Å². The first-order chi connectivity index (χ1) is 9.72. The number of hydrogen-bond acceptors (Lipinski definition) is 3. The molecule has 0 aliphatic rings. The second kappa shape index (κ2) is 6.96. The van der Waals surface area contributed by atoms with E-state index in [-0.39, 0.29) is 6.42 Å². The van der Waals surface area contributed by atoms with Crippen molar-refractivity contribution in [1.29, 1.82) is 0 Å². The van der Waals surface area contributed by atoms with Crippen molar-refractivity contribution >= 4 is 11.9 Å². The Hall–Kier alpha value is -2.25. The number of carbonyl (C=O) groups excluding carboxylic acids is 1. The van der Waals surface area contributed by atoms with E-state index < -0.39 is 30.5 Å². The number of carboxylic acids is 1. The Bertz CT molecular complexity index is 499. The molecule has 1 rings (SSSR count). The van der Waals surface area contributed by atoms with Gasteiger partial charge < -0.3 is 15.2 Å². The Morgan fingerprint density at radius 1 is 1.29 bits per heavy atom. The van der Waals surface area contributed by atoms with Crippen molar-refractivity contribution < 1.29 is 32.6 Å². The summed E-state index contributed by atoms with van der Waals surface area (Å²) in [7, 11) is 1.46. The van der Waals surface area contributed by atoms with E-state index in [9.17, 15) is 22.8 Å². The number of hydrogen-bond donors (Lipinski definition) is 2. The van der Waals surface area contributed by atoms with Gasteiger partial charge in [0.1, 0.15) is 5.75 Å². The van der Waals surface area contributed by atoms with Crippen molar-refractivity contribution in [3.05, 3.63) is 29.8 Å². The van der Waals surface area contributed by atoms with Gasteiger partial charge >= 0.3 is 18.1 Å². The largest absolute Gasteiger partial charge is 0.497 e. The molecule has 0 aliphatic carbocycles. The zero-order valence-corrected chi connectivity index (χ0v) is 11.1. The number of methoxy groups -OCH3 is 1. The lowest BCUT2D eigenvalue weighted by atomic mass is 10.0. The molecular weight excluding hydrogens is 291 g/mol. The third kappa shape index (κ3) is 5.72. The molecule has 0 unspecified atom stereocenters. The number of ether oxygens (including phenoxy) is 1. The number of alkyl halides is 3. The average Bonchev–Trinajstić information content (AvgIpc) is 2.37. The minimum atomic E-state index is -5.04. The van der Waals surface area contributed by atoms with Gasteiger partial charge in [-0.25, -0.2) is 0 Å². The second-order valence-corrected chi connectivity index (χ2v) is 4.32. The predicted molar refractivity (Wildman–Crippen MR) is 66.9 cm³/mol. The number of benzene rings is 1. The molecule has 2 N–H and O–H groups in total. The highest BCUT2D eigenvalue weighted by molar-refractivity contribution is 5.82. The maximum atomic E-state index is 12.2. The molecule has 0 radical (unpaired) electrons. The first-order valence-electron chi connectivity index (χ1n) is 5.94. The van der Waals surface area contributed by atoms with Gasteiger partial charge in [-0.05, 0) is 24.1 Å². The van der Waals surface area contributed by atoms with Gasteiger partial charge in [0.05, 0.1) is 13.5 Å². The Morgan fingerprint density at radius 3 is 2.29 bits per heavy atom. The van der Waals surface area contributed by atoms with Crippen LogP contribution < -0.4 is 10.1 Å². The molecule has 1 atom stereocenters. The van der Waals surface area contributed by atoms with E-state index in [2.05, 4.69) is 0 Å². The van der Waals surface area contributed by atoms with Crippen LogP contribution in [0.4, 0.5) is 13.2 Å². The molecule has 0 fully saturated rings. The van der Waals surface area contributed by atoms with Crippen molar-refractivity contribution in [2.24, 2.45) is 0 Å². The molecular formula is C13H14F3NO4. The molecule has 1 aromatic carbocycles. The molecule has 0 saturated carbocycles. The highest BCUT2D eigenvalue weighted by atomic mass is 19.4. The van der Waals surface area contributed by atoms with Crippen LogP contribution >= 0.6 is 0 Å². The quantitative estimate of drug-likeness (QED) is 0.839. The summed E-state index contributed by atoms with van der Waals surface area (Å²) in [5.74, 6) is -2.88. The number of aliphatic carboxylic acids is 1. The summed E-state index contributed by atoms with van der Waals surface area (Å²) < 4.78 is 41.6. The van der Waals surface area contributed by atoms with E-state index in [1.807, 2.05) is 0 Å². The van der Waals surface area contributed by atoms with Gasteiger partial charge in [-0.1, -0.05) is 12.1 Å². The predicted octanol–water partition coefficient (Wildman–Crippen LogP) is 1.76. The van der Waals surface area contributed by atoms with Crippen molar-refractivity contribution in [2.75, 3.05) is 7.11 Å². The van der Waals surface area contributed by atoms with Crippen LogP contribution in [0.5, 0.6) is 5.75 Å². The van der Waals surface area contributed by atoms with Gasteiger partial charge in [0, 0.05) is 6.04 Å². The lowest BCUT2D eigenvalue weighted by Gasteiger charge is -2.18. The third-order valence-electron chi connectivity index (χ3n) is 2.65. The summed E-state index contributed by atoms with van der Waals surface area (Å²) in [6.45, 7) is 0. The van der Waals surface area contributed by atoms with Gasteiger partial charge in [0.15, 0.2) is 0 Å². The van der Waals surface area contributed by atoms with Gasteiger partial charge in [-0.15, -0.1) is 0 Å². The maximum Gasteiger partial charge on any atom is 0.471 e. The molecule has 8 heteroatoms. The average molecular weight is 305 g/mol. The first-order valence-corrected chi connectivity index (χ1v) is 5.94. The Morgan fingerprint density at radius 2 is 1.86 bits per heavy atom. The van der Waals surface area contributed by atoms with E-state index in [0.717, 1.165) is 0 Å². The van der Waals surface area contributed by atoms with Crippen LogP contribution in [-0.2, 0) is 16.0 Å². The molecule has 1 amide bonds. The summed E-state index contributed by atoms with van der Waals surface area (Å²) >= 11 is 0. The number of rotatable bonds is 6. The minimum Gasteiger partial charge on any atom is -0.497 e. The SMILES string of the molecule is COc1ccc(C[C@H](CC(=O)O)NC(=O)C(F)(F)F)cc1. The van der Waals surface area contributed by atoms with Crippen molar-refractivity contribution in [1.82, 2.24) is 5.32 Å². The first kappa shape index (κ1) is 16.8. The van der Waals surface area contributed by atoms with Crippen LogP contribution in [0, 0.1) is 0 Å².